The lowest BCUT2D eigenvalue weighted by molar-refractivity contribution is 0.0561. The maximum absolute atomic E-state index is 13.6. The summed E-state index contributed by atoms with van der Waals surface area (Å²) in [6.07, 6.45) is 11.2. The highest BCUT2D eigenvalue weighted by Crippen LogP contribution is 2.31. The van der Waals surface area contributed by atoms with E-state index < -0.39 is 0 Å². The van der Waals surface area contributed by atoms with Crippen molar-refractivity contribution in [3.8, 4) is 6.07 Å². The Morgan fingerprint density at radius 1 is 1.11 bits per heavy atom. The van der Waals surface area contributed by atoms with Crippen LogP contribution < -0.4 is 0 Å². The lowest BCUT2D eigenvalue weighted by Gasteiger charge is -2.39. The molecule has 1 aromatic heterocycles. The Labute approximate surface area is 230 Å². The average molecular weight is 530 g/mol. The number of amides is 1. The van der Waals surface area contributed by atoms with Crippen LogP contribution in [0.15, 0.2) is 61.1 Å². The van der Waals surface area contributed by atoms with Crippen molar-refractivity contribution in [2.75, 3.05) is 26.2 Å². The number of aryl methyl sites for hydroxylation is 1. The lowest BCUT2D eigenvalue weighted by Crippen LogP contribution is -2.50. The van der Waals surface area contributed by atoms with Gasteiger partial charge in [-0.2, -0.15) is 5.26 Å². The molecule has 2 fully saturated rings. The number of rotatable bonds is 8. The normalized spacial score (nSPS) is 21.1. The molecular formula is C31H36ClN5O. The minimum absolute atomic E-state index is 0.135. The number of piperazine rings is 1. The van der Waals surface area contributed by atoms with E-state index >= 15 is 0 Å². The van der Waals surface area contributed by atoms with Gasteiger partial charge in [-0.1, -0.05) is 43.2 Å². The summed E-state index contributed by atoms with van der Waals surface area (Å²) < 4.78 is 0. The predicted molar refractivity (Wildman–Crippen MR) is 150 cm³/mol. The molecule has 0 spiro atoms. The second-order valence-electron chi connectivity index (χ2n) is 10.7. The summed E-state index contributed by atoms with van der Waals surface area (Å²) >= 11 is 6.42. The first-order valence-corrected chi connectivity index (χ1v) is 14.3. The molecule has 1 saturated carbocycles. The van der Waals surface area contributed by atoms with E-state index in [4.69, 9.17) is 16.9 Å². The molecule has 198 valence electrons. The summed E-state index contributed by atoms with van der Waals surface area (Å²) in [5.41, 5.74) is 4.92. The molecule has 3 aromatic rings. The molecule has 6 nitrogen and oxygen atoms in total. The summed E-state index contributed by atoms with van der Waals surface area (Å²) in [6.45, 7) is 2.99. The maximum atomic E-state index is 13.6. The predicted octanol–water partition coefficient (Wildman–Crippen LogP) is 5.75. The standard InChI is InChI=1S/C31H36ClN5O/c32-27-6-3-4-23(18-27)12-13-26-5-1-2-7-28(26)31(38)37-16-14-36(15-17-37)30(29-21-34-22-35-29)19-24-8-10-25(20-33)11-9-24/h1-2,5,7-11,21-23,27,30H,3-4,6,12-19H2,(H,34,35). The smallest absolute Gasteiger partial charge is 0.254 e. The molecule has 1 saturated heterocycles. The fraction of sp³-hybridized carbons (Fsp3) is 0.452. The third-order valence-corrected chi connectivity index (χ3v) is 8.62. The summed E-state index contributed by atoms with van der Waals surface area (Å²) in [5, 5.41) is 9.43. The Balaban J connectivity index is 1.22. The highest BCUT2D eigenvalue weighted by atomic mass is 35.5. The number of hydrogen-bond acceptors (Lipinski definition) is 4. The number of H-pyrrole nitrogens is 1. The molecule has 5 rings (SSSR count). The SMILES string of the molecule is N#Cc1ccc(CC(c2cnc[nH]2)N2CCN(C(=O)c3ccccc3CCC3CCCC(Cl)C3)CC2)cc1. The van der Waals surface area contributed by atoms with Gasteiger partial charge in [0.15, 0.2) is 0 Å². The molecule has 1 N–H and O–H groups in total. The molecule has 7 heteroatoms. The number of carbonyl (C=O) groups excluding carboxylic acids is 1. The van der Waals surface area contributed by atoms with Crippen LogP contribution in [0.25, 0.3) is 0 Å². The molecule has 0 bridgehead atoms. The van der Waals surface area contributed by atoms with Gasteiger partial charge in [0.2, 0.25) is 0 Å². The average Bonchev–Trinajstić information content (AvgIpc) is 3.50. The van der Waals surface area contributed by atoms with Crippen molar-refractivity contribution in [2.45, 2.75) is 56.4 Å². The van der Waals surface area contributed by atoms with Crippen molar-refractivity contribution < 1.29 is 4.79 Å². The van der Waals surface area contributed by atoms with E-state index in [0.717, 1.165) is 62.0 Å². The van der Waals surface area contributed by atoms with Gasteiger partial charge >= 0.3 is 0 Å². The van der Waals surface area contributed by atoms with Crippen LogP contribution in [-0.2, 0) is 12.8 Å². The van der Waals surface area contributed by atoms with Crippen LogP contribution >= 0.6 is 11.6 Å². The first-order chi connectivity index (χ1) is 18.6. The van der Waals surface area contributed by atoms with Gasteiger partial charge in [0.25, 0.3) is 5.91 Å². The van der Waals surface area contributed by atoms with Crippen LogP contribution in [0.2, 0.25) is 0 Å². The van der Waals surface area contributed by atoms with E-state index in [1.165, 1.54) is 18.4 Å². The number of nitriles is 1. The summed E-state index contributed by atoms with van der Waals surface area (Å²) in [7, 11) is 0. The number of hydrogen-bond donors (Lipinski definition) is 1. The number of aromatic nitrogens is 2. The van der Waals surface area contributed by atoms with Crippen LogP contribution in [0.5, 0.6) is 0 Å². The van der Waals surface area contributed by atoms with Crippen molar-refractivity contribution in [1.29, 1.82) is 5.26 Å². The van der Waals surface area contributed by atoms with E-state index in [2.05, 4.69) is 27.0 Å². The van der Waals surface area contributed by atoms with Gasteiger partial charge in [-0.05, 0) is 67.3 Å². The van der Waals surface area contributed by atoms with Crippen molar-refractivity contribution in [2.24, 2.45) is 5.92 Å². The third kappa shape index (κ3) is 6.46. The van der Waals surface area contributed by atoms with Gasteiger partial charge < -0.3 is 9.88 Å². The molecule has 3 unspecified atom stereocenters. The number of nitrogens with zero attached hydrogens (tertiary/aromatic N) is 4. The second kappa shape index (κ2) is 12.6. The zero-order valence-corrected chi connectivity index (χ0v) is 22.6. The number of alkyl halides is 1. The molecule has 1 aliphatic carbocycles. The van der Waals surface area contributed by atoms with Crippen molar-refractivity contribution in [3.05, 3.63) is 89.0 Å². The van der Waals surface area contributed by atoms with E-state index in [1.807, 2.05) is 53.6 Å². The number of carbonyl (C=O) groups is 1. The van der Waals surface area contributed by atoms with Crippen LogP contribution in [-0.4, -0.2) is 57.2 Å². The Morgan fingerprint density at radius 2 is 1.89 bits per heavy atom. The maximum Gasteiger partial charge on any atom is 0.254 e. The highest BCUT2D eigenvalue weighted by Gasteiger charge is 2.29. The van der Waals surface area contributed by atoms with Crippen LogP contribution in [0.3, 0.4) is 0 Å². The molecule has 1 amide bonds. The van der Waals surface area contributed by atoms with Crippen molar-refractivity contribution >= 4 is 17.5 Å². The largest absolute Gasteiger partial charge is 0.347 e. The van der Waals surface area contributed by atoms with E-state index in [9.17, 15) is 4.79 Å². The minimum Gasteiger partial charge on any atom is -0.347 e. The number of benzene rings is 2. The van der Waals surface area contributed by atoms with Gasteiger partial charge in [0.05, 0.1) is 29.7 Å². The van der Waals surface area contributed by atoms with E-state index in [1.54, 1.807) is 6.33 Å². The van der Waals surface area contributed by atoms with Crippen molar-refractivity contribution in [1.82, 2.24) is 19.8 Å². The molecule has 1 aliphatic heterocycles. The van der Waals surface area contributed by atoms with Crippen LogP contribution in [0, 0.1) is 17.2 Å². The first-order valence-electron chi connectivity index (χ1n) is 13.8. The highest BCUT2D eigenvalue weighted by molar-refractivity contribution is 6.20. The summed E-state index contributed by atoms with van der Waals surface area (Å²) in [6, 6.07) is 18.3. The first kappa shape index (κ1) is 26.5. The molecule has 0 radical (unpaired) electrons. The van der Waals surface area contributed by atoms with Crippen molar-refractivity contribution in [3.63, 3.8) is 0 Å². The number of aromatic amines is 1. The second-order valence-corrected chi connectivity index (χ2v) is 11.3. The Morgan fingerprint density at radius 3 is 2.61 bits per heavy atom. The van der Waals surface area contributed by atoms with Gasteiger partial charge in [-0.25, -0.2) is 4.98 Å². The molecule has 38 heavy (non-hydrogen) atoms. The summed E-state index contributed by atoms with van der Waals surface area (Å²) in [4.78, 5) is 25.6. The fourth-order valence-corrected chi connectivity index (χ4v) is 6.43. The Bertz CT molecular complexity index is 1230. The Kier molecular flexibility index (Phi) is 8.78. The summed E-state index contributed by atoms with van der Waals surface area (Å²) in [5.74, 6) is 0.803. The fourth-order valence-electron chi connectivity index (χ4n) is 6.02. The molecule has 3 atom stereocenters. The Hall–Kier alpha value is -3.14. The minimum atomic E-state index is 0.135. The topological polar surface area (TPSA) is 76.0 Å². The van der Waals surface area contributed by atoms with Gasteiger partial charge in [-0.3, -0.25) is 9.69 Å². The zero-order valence-electron chi connectivity index (χ0n) is 21.9. The van der Waals surface area contributed by atoms with Gasteiger partial charge in [0, 0.05) is 43.3 Å². The zero-order chi connectivity index (χ0) is 26.3. The van der Waals surface area contributed by atoms with Gasteiger partial charge in [0.1, 0.15) is 0 Å². The quantitative estimate of drug-likeness (QED) is 0.377. The van der Waals surface area contributed by atoms with Gasteiger partial charge in [-0.15, -0.1) is 11.6 Å². The molecule has 2 aromatic carbocycles. The monoisotopic (exact) mass is 529 g/mol. The molecular weight excluding hydrogens is 494 g/mol. The van der Waals surface area contributed by atoms with E-state index in [-0.39, 0.29) is 11.9 Å². The number of nitrogens with one attached hydrogen (secondary N) is 1. The van der Waals surface area contributed by atoms with Crippen LogP contribution in [0.4, 0.5) is 0 Å². The van der Waals surface area contributed by atoms with E-state index in [0.29, 0.717) is 29.9 Å². The molecule has 2 heterocycles. The number of halogens is 1. The third-order valence-electron chi connectivity index (χ3n) is 8.22. The number of imidazole rings is 1. The van der Waals surface area contributed by atoms with Crippen LogP contribution in [0.1, 0.15) is 70.9 Å². The lowest BCUT2D eigenvalue weighted by atomic mass is 9.84. The molecule has 2 aliphatic rings.